The van der Waals surface area contributed by atoms with Crippen LogP contribution in [-0.2, 0) is 9.47 Å². The third-order valence-corrected chi connectivity index (χ3v) is 5.60. The molecule has 2 aromatic carbocycles. The van der Waals surface area contributed by atoms with Crippen LogP contribution in [0.1, 0.15) is 45.2 Å². The van der Waals surface area contributed by atoms with Gasteiger partial charge in [0.05, 0.1) is 11.7 Å². The summed E-state index contributed by atoms with van der Waals surface area (Å²) in [5.41, 5.74) is 1.61. The molecule has 0 saturated carbocycles. The zero-order chi connectivity index (χ0) is 21.8. The Morgan fingerprint density at radius 2 is 1.61 bits per heavy atom. The van der Waals surface area contributed by atoms with Gasteiger partial charge in [-0.1, -0.05) is 48.5 Å². The van der Waals surface area contributed by atoms with Crippen LogP contribution in [0.5, 0.6) is 0 Å². The van der Waals surface area contributed by atoms with Gasteiger partial charge in [0.25, 0.3) is 6.02 Å². The first-order chi connectivity index (χ1) is 14.9. The number of hydrogen-bond donors (Lipinski definition) is 0. The molecule has 2 fully saturated rings. The Hall–Kier alpha value is -3.02. The van der Waals surface area contributed by atoms with Gasteiger partial charge in [-0.3, -0.25) is 0 Å². The minimum Gasteiger partial charge on any atom is -0.462 e. The molecule has 6 nitrogen and oxygen atoms in total. The lowest BCUT2D eigenvalue weighted by Crippen LogP contribution is -2.49. The first-order valence-electron chi connectivity index (χ1n) is 11.0. The number of amides is 1. The van der Waals surface area contributed by atoms with Gasteiger partial charge in [-0.2, -0.15) is 4.99 Å². The van der Waals surface area contributed by atoms with Gasteiger partial charge in [-0.15, -0.1) is 0 Å². The summed E-state index contributed by atoms with van der Waals surface area (Å²) >= 11 is 0. The smallest absolute Gasteiger partial charge is 0.410 e. The lowest BCUT2D eigenvalue weighted by Gasteiger charge is -2.39. The summed E-state index contributed by atoms with van der Waals surface area (Å²) in [7, 11) is 0. The molecule has 164 valence electrons. The van der Waals surface area contributed by atoms with E-state index in [0.29, 0.717) is 25.7 Å². The van der Waals surface area contributed by atoms with Crippen LogP contribution in [0, 0.1) is 0 Å². The molecule has 1 amide bonds. The SMILES string of the molecule is CC(C)(C)OC(=O)N1CCC(N2C(=Nc3ccccc3)OCC2c2ccccc2)CC1. The lowest BCUT2D eigenvalue weighted by molar-refractivity contribution is 0.0166. The molecule has 0 bridgehead atoms. The van der Waals surface area contributed by atoms with Crippen LogP contribution in [0.2, 0.25) is 0 Å². The fourth-order valence-electron chi connectivity index (χ4n) is 4.14. The number of carbonyl (C=O) groups excluding carboxylic acids is 1. The molecular weight excluding hydrogens is 390 g/mol. The molecule has 1 unspecified atom stereocenters. The van der Waals surface area contributed by atoms with E-state index in [2.05, 4.69) is 29.2 Å². The van der Waals surface area contributed by atoms with E-state index in [-0.39, 0.29) is 18.2 Å². The van der Waals surface area contributed by atoms with Gasteiger partial charge in [0.1, 0.15) is 12.2 Å². The van der Waals surface area contributed by atoms with Crippen LogP contribution < -0.4 is 0 Å². The van der Waals surface area contributed by atoms with Crippen molar-refractivity contribution >= 4 is 17.8 Å². The van der Waals surface area contributed by atoms with Crippen LogP contribution in [0.3, 0.4) is 0 Å². The van der Waals surface area contributed by atoms with Crippen molar-refractivity contribution in [2.45, 2.75) is 51.3 Å². The highest BCUT2D eigenvalue weighted by Crippen LogP contribution is 2.34. The number of ether oxygens (including phenoxy) is 2. The predicted octanol–water partition coefficient (Wildman–Crippen LogP) is 5.15. The minimum atomic E-state index is -0.482. The quantitative estimate of drug-likeness (QED) is 0.688. The van der Waals surface area contributed by atoms with Crippen molar-refractivity contribution in [3.63, 3.8) is 0 Å². The number of piperidine rings is 1. The maximum absolute atomic E-state index is 12.5. The zero-order valence-electron chi connectivity index (χ0n) is 18.5. The molecule has 0 N–H and O–H groups in total. The topological polar surface area (TPSA) is 54.4 Å². The van der Waals surface area contributed by atoms with Gasteiger partial charge in [-0.25, -0.2) is 4.79 Å². The summed E-state index contributed by atoms with van der Waals surface area (Å²) in [6.07, 6.45) is 1.46. The second-order valence-electron chi connectivity index (χ2n) is 9.07. The third kappa shape index (κ3) is 5.19. The molecule has 0 spiro atoms. The summed E-state index contributed by atoms with van der Waals surface area (Å²) in [4.78, 5) is 21.4. The molecule has 2 heterocycles. The number of amidine groups is 1. The first-order valence-corrected chi connectivity index (χ1v) is 11.0. The maximum Gasteiger partial charge on any atom is 0.410 e. The zero-order valence-corrected chi connectivity index (χ0v) is 18.5. The largest absolute Gasteiger partial charge is 0.462 e. The number of benzene rings is 2. The van der Waals surface area contributed by atoms with Crippen LogP contribution in [0.4, 0.5) is 10.5 Å². The number of carbonyl (C=O) groups is 1. The maximum atomic E-state index is 12.5. The van der Waals surface area contributed by atoms with Crippen molar-refractivity contribution in [2.75, 3.05) is 19.7 Å². The molecule has 31 heavy (non-hydrogen) atoms. The highest BCUT2D eigenvalue weighted by molar-refractivity contribution is 5.80. The Balaban J connectivity index is 1.53. The van der Waals surface area contributed by atoms with E-state index in [1.54, 1.807) is 0 Å². The second kappa shape index (κ2) is 9.00. The summed E-state index contributed by atoms with van der Waals surface area (Å²) in [5.74, 6) is 0. The lowest BCUT2D eigenvalue weighted by atomic mass is 9.99. The fourth-order valence-corrected chi connectivity index (χ4v) is 4.14. The summed E-state index contributed by atoms with van der Waals surface area (Å²) in [5, 5.41) is 0. The minimum absolute atomic E-state index is 0.113. The van der Waals surface area contributed by atoms with E-state index in [1.807, 2.05) is 62.1 Å². The van der Waals surface area contributed by atoms with Crippen molar-refractivity contribution in [2.24, 2.45) is 4.99 Å². The van der Waals surface area contributed by atoms with E-state index >= 15 is 0 Å². The Morgan fingerprint density at radius 3 is 2.23 bits per heavy atom. The Labute approximate surface area is 184 Å². The van der Waals surface area contributed by atoms with Crippen molar-refractivity contribution in [1.29, 1.82) is 0 Å². The van der Waals surface area contributed by atoms with Crippen LogP contribution >= 0.6 is 0 Å². The van der Waals surface area contributed by atoms with E-state index in [9.17, 15) is 4.79 Å². The molecule has 2 saturated heterocycles. The predicted molar refractivity (Wildman–Crippen MR) is 121 cm³/mol. The average Bonchev–Trinajstić information content (AvgIpc) is 3.17. The first kappa shape index (κ1) is 21.2. The molecule has 0 radical (unpaired) electrons. The molecule has 0 aliphatic carbocycles. The monoisotopic (exact) mass is 421 g/mol. The van der Waals surface area contributed by atoms with Crippen molar-refractivity contribution in [3.05, 3.63) is 66.2 Å². The standard InChI is InChI=1S/C25H31N3O3/c1-25(2,3)31-24(29)27-16-14-21(15-17-27)28-22(19-10-6-4-7-11-19)18-30-23(28)26-20-12-8-5-9-13-20/h4-13,21-22H,14-18H2,1-3H3. The number of nitrogens with zero attached hydrogens (tertiary/aromatic N) is 3. The van der Waals surface area contributed by atoms with Crippen molar-refractivity contribution in [1.82, 2.24) is 9.80 Å². The van der Waals surface area contributed by atoms with Gasteiger partial charge >= 0.3 is 6.09 Å². The van der Waals surface area contributed by atoms with Crippen molar-refractivity contribution in [3.8, 4) is 0 Å². The van der Waals surface area contributed by atoms with Crippen molar-refractivity contribution < 1.29 is 14.3 Å². The van der Waals surface area contributed by atoms with Gasteiger partial charge in [0, 0.05) is 19.1 Å². The number of para-hydroxylation sites is 1. The van der Waals surface area contributed by atoms with Gasteiger partial charge in [0.2, 0.25) is 0 Å². The second-order valence-corrected chi connectivity index (χ2v) is 9.07. The van der Waals surface area contributed by atoms with E-state index in [0.717, 1.165) is 18.5 Å². The number of likely N-dealkylation sites (tertiary alicyclic amines) is 1. The normalized spacial score (nSPS) is 21.3. The number of aliphatic imine (C=N–C) groups is 1. The van der Waals surface area contributed by atoms with Gasteiger partial charge < -0.3 is 19.3 Å². The molecule has 6 heteroatoms. The van der Waals surface area contributed by atoms with Crippen LogP contribution in [0.15, 0.2) is 65.7 Å². The van der Waals surface area contributed by atoms with Crippen LogP contribution in [-0.4, -0.2) is 53.3 Å². The summed E-state index contributed by atoms with van der Waals surface area (Å²) in [6.45, 7) is 7.59. The van der Waals surface area contributed by atoms with E-state index in [1.165, 1.54) is 5.56 Å². The Bertz CT molecular complexity index is 901. The van der Waals surface area contributed by atoms with E-state index < -0.39 is 5.60 Å². The highest BCUT2D eigenvalue weighted by Gasteiger charge is 2.40. The summed E-state index contributed by atoms with van der Waals surface area (Å²) in [6, 6.07) is 21.4. The molecule has 0 aromatic heterocycles. The van der Waals surface area contributed by atoms with E-state index in [4.69, 9.17) is 14.5 Å². The Morgan fingerprint density at radius 1 is 1.00 bits per heavy atom. The third-order valence-electron chi connectivity index (χ3n) is 5.60. The molecule has 2 aliphatic heterocycles. The van der Waals surface area contributed by atoms with Gasteiger partial charge in [0.15, 0.2) is 0 Å². The number of hydrogen-bond acceptors (Lipinski definition) is 4. The molecule has 2 aliphatic rings. The average molecular weight is 422 g/mol. The fraction of sp³-hybridized carbons (Fsp3) is 0.440. The highest BCUT2D eigenvalue weighted by atomic mass is 16.6. The molecule has 2 aromatic rings. The molecule has 1 atom stereocenters. The molecular formula is C25H31N3O3. The van der Waals surface area contributed by atoms with Crippen LogP contribution in [0.25, 0.3) is 0 Å². The van der Waals surface area contributed by atoms with Gasteiger partial charge in [-0.05, 0) is 51.3 Å². The molecule has 4 rings (SSSR count). The number of rotatable bonds is 3. The summed E-state index contributed by atoms with van der Waals surface area (Å²) < 4.78 is 11.7. The Kier molecular flexibility index (Phi) is 6.16.